The minimum Gasteiger partial charge on any atom is -0.326 e. The average Bonchev–Trinajstić information content (AvgIpc) is 2.39. The molecule has 1 atom stereocenters. The number of nitrogens with one attached hydrogen (secondary N) is 1. The summed E-state index contributed by atoms with van der Waals surface area (Å²) < 4.78 is 0. The molecule has 3 heteroatoms. The van der Waals surface area contributed by atoms with E-state index in [4.69, 9.17) is 0 Å². The SMILES string of the molecule is Cc1[nH]c(=O)cc2c1C[C@H](c1ccncc1)CC2. The zero-order chi connectivity index (χ0) is 12.5. The lowest BCUT2D eigenvalue weighted by Crippen LogP contribution is -2.19. The molecule has 2 aromatic heterocycles. The molecule has 0 amide bonds. The van der Waals surface area contributed by atoms with Gasteiger partial charge >= 0.3 is 0 Å². The third-order valence-electron chi connectivity index (χ3n) is 3.85. The van der Waals surface area contributed by atoms with E-state index in [9.17, 15) is 4.79 Å². The van der Waals surface area contributed by atoms with Gasteiger partial charge in [0, 0.05) is 24.2 Å². The Morgan fingerprint density at radius 2 is 2.11 bits per heavy atom. The minimum atomic E-state index is 0.0219. The Balaban J connectivity index is 1.96. The number of H-pyrrole nitrogens is 1. The average molecular weight is 240 g/mol. The van der Waals surface area contributed by atoms with Gasteiger partial charge in [0.25, 0.3) is 0 Å². The van der Waals surface area contributed by atoms with Crippen LogP contribution in [0.2, 0.25) is 0 Å². The summed E-state index contributed by atoms with van der Waals surface area (Å²) in [5.74, 6) is 0.546. The summed E-state index contributed by atoms with van der Waals surface area (Å²) in [5, 5.41) is 0. The Kier molecular flexibility index (Phi) is 2.74. The second-order valence-corrected chi connectivity index (χ2v) is 4.98. The van der Waals surface area contributed by atoms with Gasteiger partial charge in [0.15, 0.2) is 0 Å². The molecule has 18 heavy (non-hydrogen) atoms. The van der Waals surface area contributed by atoms with Crippen molar-refractivity contribution < 1.29 is 0 Å². The van der Waals surface area contributed by atoms with Crippen molar-refractivity contribution in [3.8, 4) is 0 Å². The highest BCUT2D eigenvalue weighted by Crippen LogP contribution is 2.32. The molecule has 0 radical (unpaired) electrons. The smallest absolute Gasteiger partial charge is 0.248 e. The van der Waals surface area contributed by atoms with E-state index in [-0.39, 0.29) is 5.56 Å². The molecule has 2 aromatic rings. The molecular weight excluding hydrogens is 224 g/mol. The predicted molar refractivity (Wildman–Crippen MR) is 70.8 cm³/mol. The summed E-state index contributed by atoms with van der Waals surface area (Å²) in [4.78, 5) is 18.4. The van der Waals surface area contributed by atoms with Crippen LogP contribution in [0, 0.1) is 6.92 Å². The number of hydrogen-bond acceptors (Lipinski definition) is 2. The van der Waals surface area contributed by atoms with Gasteiger partial charge in [0.1, 0.15) is 0 Å². The summed E-state index contributed by atoms with van der Waals surface area (Å²) in [7, 11) is 0. The van der Waals surface area contributed by atoms with Gasteiger partial charge in [-0.15, -0.1) is 0 Å². The van der Waals surface area contributed by atoms with Crippen molar-refractivity contribution in [2.24, 2.45) is 0 Å². The van der Waals surface area contributed by atoms with Crippen LogP contribution in [-0.2, 0) is 12.8 Å². The minimum absolute atomic E-state index is 0.0219. The monoisotopic (exact) mass is 240 g/mol. The van der Waals surface area contributed by atoms with Gasteiger partial charge in [-0.2, -0.15) is 0 Å². The molecule has 1 aliphatic carbocycles. The lowest BCUT2D eigenvalue weighted by atomic mass is 9.80. The maximum Gasteiger partial charge on any atom is 0.248 e. The molecule has 3 rings (SSSR count). The zero-order valence-corrected chi connectivity index (χ0v) is 10.4. The third-order valence-corrected chi connectivity index (χ3v) is 3.85. The lowest BCUT2D eigenvalue weighted by molar-refractivity contribution is 0.578. The highest BCUT2D eigenvalue weighted by molar-refractivity contribution is 5.35. The van der Waals surface area contributed by atoms with Crippen LogP contribution in [-0.4, -0.2) is 9.97 Å². The molecule has 2 heterocycles. The number of aryl methyl sites for hydroxylation is 2. The summed E-state index contributed by atoms with van der Waals surface area (Å²) in [6, 6.07) is 5.94. The predicted octanol–water partition coefficient (Wildman–Crippen LogP) is 2.35. The Morgan fingerprint density at radius 1 is 1.33 bits per heavy atom. The third kappa shape index (κ3) is 1.96. The molecular formula is C15H16N2O. The molecule has 0 saturated carbocycles. The zero-order valence-electron chi connectivity index (χ0n) is 10.4. The van der Waals surface area contributed by atoms with Gasteiger partial charge in [-0.1, -0.05) is 0 Å². The van der Waals surface area contributed by atoms with Gasteiger partial charge in [-0.25, -0.2) is 0 Å². The second-order valence-electron chi connectivity index (χ2n) is 4.98. The van der Waals surface area contributed by atoms with Gasteiger partial charge in [-0.3, -0.25) is 9.78 Å². The van der Waals surface area contributed by atoms with E-state index < -0.39 is 0 Å². The van der Waals surface area contributed by atoms with Crippen LogP contribution in [0.5, 0.6) is 0 Å². The maximum absolute atomic E-state index is 11.4. The quantitative estimate of drug-likeness (QED) is 0.831. The topological polar surface area (TPSA) is 45.8 Å². The molecule has 0 saturated heterocycles. The van der Waals surface area contributed by atoms with E-state index in [1.165, 1.54) is 16.7 Å². The summed E-state index contributed by atoms with van der Waals surface area (Å²) in [6.45, 7) is 2.00. The van der Waals surface area contributed by atoms with Crippen molar-refractivity contribution >= 4 is 0 Å². The maximum atomic E-state index is 11.4. The Morgan fingerprint density at radius 3 is 2.89 bits per heavy atom. The van der Waals surface area contributed by atoms with Gasteiger partial charge in [0.05, 0.1) is 0 Å². The number of hydrogen-bond donors (Lipinski definition) is 1. The first-order chi connectivity index (χ1) is 8.74. The van der Waals surface area contributed by atoms with Crippen molar-refractivity contribution in [2.45, 2.75) is 32.1 Å². The first-order valence-corrected chi connectivity index (χ1v) is 6.35. The van der Waals surface area contributed by atoms with Crippen LogP contribution in [0.4, 0.5) is 0 Å². The van der Waals surface area contributed by atoms with Gasteiger partial charge in [-0.05, 0) is 60.9 Å². The number of pyridine rings is 2. The molecule has 0 fully saturated rings. The first-order valence-electron chi connectivity index (χ1n) is 6.35. The highest BCUT2D eigenvalue weighted by Gasteiger charge is 2.21. The van der Waals surface area contributed by atoms with E-state index in [0.717, 1.165) is 25.0 Å². The van der Waals surface area contributed by atoms with Crippen LogP contribution in [0.1, 0.15) is 34.7 Å². The largest absolute Gasteiger partial charge is 0.326 e. The molecule has 0 bridgehead atoms. The molecule has 0 unspecified atom stereocenters. The number of fused-ring (bicyclic) bond motifs is 1. The van der Waals surface area contributed by atoms with Gasteiger partial charge in [0.2, 0.25) is 5.56 Å². The van der Waals surface area contributed by atoms with Crippen molar-refractivity contribution in [1.82, 2.24) is 9.97 Å². The Hall–Kier alpha value is -1.90. The van der Waals surface area contributed by atoms with Crippen molar-refractivity contribution in [3.63, 3.8) is 0 Å². The Labute approximate surface area is 106 Å². The number of aromatic amines is 1. The van der Waals surface area contributed by atoms with E-state index in [2.05, 4.69) is 22.1 Å². The molecule has 0 aliphatic heterocycles. The molecule has 1 aliphatic rings. The standard InChI is InChI=1S/C15H16N2O/c1-10-14-8-12(11-4-6-16-7-5-11)2-3-13(14)9-15(18)17-10/h4-7,9,12H,2-3,8H2,1H3,(H,17,18)/t12-/m1/s1. The lowest BCUT2D eigenvalue weighted by Gasteiger charge is -2.25. The fourth-order valence-corrected chi connectivity index (χ4v) is 2.89. The fourth-order valence-electron chi connectivity index (χ4n) is 2.89. The van der Waals surface area contributed by atoms with Crippen molar-refractivity contribution in [1.29, 1.82) is 0 Å². The first kappa shape index (κ1) is 11.2. The molecule has 0 aromatic carbocycles. The Bertz CT molecular complexity index is 616. The summed E-state index contributed by atoms with van der Waals surface area (Å²) >= 11 is 0. The highest BCUT2D eigenvalue weighted by atomic mass is 16.1. The van der Waals surface area contributed by atoms with Gasteiger partial charge < -0.3 is 4.98 Å². The van der Waals surface area contributed by atoms with Crippen LogP contribution in [0.25, 0.3) is 0 Å². The molecule has 1 N–H and O–H groups in total. The van der Waals surface area contributed by atoms with Crippen molar-refractivity contribution in [3.05, 3.63) is 63.3 Å². The van der Waals surface area contributed by atoms with E-state index >= 15 is 0 Å². The molecule has 92 valence electrons. The normalized spacial score (nSPS) is 18.4. The molecule has 3 nitrogen and oxygen atoms in total. The van der Waals surface area contributed by atoms with E-state index in [1.54, 1.807) is 6.07 Å². The number of nitrogens with zero attached hydrogens (tertiary/aromatic N) is 1. The van der Waals surface area contributed by atoms with Crippen LogP contribution < -0.4 is 5.56 Å². The van der Waals surface area contributed by atoms with Crippen LogP contribution in [0.3, 0.4) is 0 Å². The second kappa shape index (κ2) is 4.41. The number of rotatable bonds is 1. The summed E-state index contributed by atoms with van der Waals surface area (Å²) in [5.41, 5.74) is 4.94. The summed E-state index contributed by atoms with van der Waals surface area (Å²) in [6.07, 6.45) is 6.82. The van der Waals surface area contributed by atoms with E-state index in [1.807, 2.05) is 19.3 Å². The van der Waals surface area contributed by atoms with E-state index in [0.29, 0.717) is 5.92 Å². The van der Waals surface area contributed by atoms with Crippen LogP contribution in [0.15, 0.2) is 35.4 Å². The van der Waals surface area contributed by atoms with Crippen molar-refractivity contribution in [2.75, 3.05) is 0 Å². The van der Waals surface area contributed by atoms with Crippen LogP contribution >= 0.6 is 0 Å². The fraction of sp³-hybridized carbons (Fsp3) is 0.333. The molecule has 0 spiro atoms. The number of aromatic nitrogens is 2.